The summed E-state index contributed by atoms with van der Waals surface area (Å²) in [6.07, 6.45) is 5.54. The fourth-order valence-corrected chi connectivity index (χ4v) is 2.41. The highest BCUT2D eigenvalue weighted by Crippen LogP contribution is 2.37. The smallest absolute Gasteiger partial charge is 0.100 e. The predicted octanol–water partition coefficient (Wildman–Crippen LogP) is 3.71. The van der Waals surface area contributed by atoms with Crippen molar-refractivity contribution < 1.29 is 14.9 Å². The van der Waals surface area contributed by atoms with E-state index in [1.165, 1.54) is 12.8 Å². The van der Waals surface area contributed by atoms with Crippen LogP contribution in [0.1, 0.15) is 53.4 Å². The fraction of sp³-hybridized carbons (Fsp3) is 0.778. The van der Waals surface area contributed by atoms with E-state index in [9.17, 15) is 5.11 Å². The molecule has 1 saturated carbocycles. The Morgan fingerprint density at radius 2 is 1.86 bits per heavy atom. The number of aliphatic hydroxyl groups excluding tert-OH is 2. The number of hydrogen-bond donors (Lipinski definition) is 2. The van der Waals surface area contributed by atoms with Gasteiger partial charge in [0, 0.05) is 0 Å². The van der Waals surface area contributed by atoms with Gasteiger partial charge in [-0.25, -0.2) is 0 Å². The molecule has 0 bridgehead atoms. The third kappa shape index (κ3) is 9.07. The van der Waals surface area contributed by atoms with Gasteiger partial charge in [0.2, 0.25) is 0 Å². The van der Waals surface area contributed by atoms with Crippen molar-refractivity contribution in [3.8, 4) is 0 Å². The van der Waals surface area contributed by atoms with Crippen molar-refractivity contribution in [2.75, 3.05) is 13.2 Å². The zero-order chi connectivity index (χ0) is 16.5. The van der Waals surface area contributed by atoms with Crippen LogP contribution in [0.2, 0.25) is 0 Å². The lowest BCUT2D eigenvalue weighted by atomic mass is 9.75. The summed E-state index contributed by atoms with van der Waals surface area (Å²) in [5.41, 5.74) is 0.923. The second kappa shape index (κ2) is 10.1. The van der Waals surface area contributed by atoms with Gasteiger partial charge < -0.3 is 14.9 Å². The van der Waals surface area contributed by atoms with Crippen LogP contribution < -0.4 is 0 Å². The SMILES string of the molecule is C=CC(=C)C.CC(C)C1CCC(C)(OCC(O)CO)CC1. The second-order valence-corrected chi connectivity index (χ2v) is 6.73. The summed E-state index contributed by atoms with van der Waals surface area (Å²) in [5.74, 6) is 1.58. The average molecular weight is 298 g/mol. The van der Waals surface area contributed by atoms with Crippen molar-refractivity contribution in [1.82, 2.24) is 0 Å². The van der Waals surface area contributed by atoms with Gasteiger partial charge in [0.05, 0.1) is 18.8 Å². The van der Waals surface area contributed by atoms with Crippen LogP contribution in [-0.4, -0.2) is 35.1 Å². The van der Waals surface area contributed by atoms with Crippen LogP contribution in [0.4, 0.5) is 0 Å². The summed E-state index contributed by atoms with van der Waals surface area (Å²) in [5, 5.41) is 18.0. The van der Waals surface area contributed by atoms with Gasteiger partial charge in [0.15, 0.2) is 0 Å². The van der Waals surface area contributed by atoms with Crippen LogP contribution >= 0.6 is 0 Å². The Balaban J connectivity index is 0.000000690. The van der Waals surface area contributed by atoms with E-state index >= 15 is 0 Å². The molecule has 21 heavy (non-hydrogen) atoms. The Labute approximate surface area is 130 Å². The summed E-state index contributed by atoms with van der Waals surface area (Å²) >= 11 is 0. The van der Waals surface area contributed by atoms with Gasteiger partial charge in [-0.1, -0.05) is 38.7 Å². The maximum Gasteiger partial charge on any atom is 0.100 e. The summed E-state index contributed by atoms with van der Waals surface area (Å²) in [6, 6.07) is 0. The summed E-state index contributed by atoms with van der Waals surface area (Å²) in [7, 11) is 0. The highest BCUT2D eigenvalue weighted by atomic mass is 16.5. The minimum Gasteiger partial charge on any atom is -0.394 e. The molecule has 1 unspecified atom stereocenters. The molecule has 1 aliphatic carbocycles. The first kappa shape index (κ1) is 20.4. The van der Waals surface area contributed by atoms with E-state index in [1.807, 2.05) is 6.92 Å². The topological polar surface area (TPSA) is 49.7 Å². The molecule has 0 aromatic heterocycles. The molecule has 124 valence electrons. The lowest BCUT2D eigenvalue weighted by molar-refractivity contribution is -0.103. The maximum atomic E-state index is 9.27. The van der Waals surface area contributed by atoms with Gasteiger partial charge in [0.25, 0.3) is 0 Å². The van der Waals surface area contributed by atoms with Crippen molar-refractivity contribution in [3.05, 3.63) is 24.8 Å². The molecule has 2 N–H and O–H groups in total. The van der Waals surface area contributed by atoms with E-state index in [1.54, 1.807) is 6.08 Å². The normalized spacial score (nSPS) is 26.7. The van der Waals surface area contributed by atoms with Gasteiger partial charge in [-0.15, -0.1) is 0 Å². The number of hydrogen-bond acceptors (Lipinski definition) is 3. The number of rotatable bonds is 6. The Hall–Kier alpha value is -0.640. The molecular weight excluding hydrogens is 264 g/mol. The third-order valence-corrected chi connectivity index (χ3v) is 4.21. The van der Waals surface area contributed by atoms with Crippen LogP contribution in [0.5, 0.6) is 0 Å². The molecule has 0 aromatic carbocycles. The zero-order valence-electron chi connectivity index (χ0n) is 14.3. The van der Waals surface area contributed by atoms with E-state index in [0.717, 1.165) is 30.3 Å². The molecule has 3 nitrogen and oxygen atoms in total. The molecule has 0 radical (unpaired) electrons. The Morgan fingerprint density at radius 3 is 2.19 bits per heavy atom. The minimum absolute atomic E-state index is 0.0957. The lowest BCUT2D eigenvalue weighted by Crippen LogP contribution is -2.38. The van der Waals surface area contributed by atoms with E-state index in [4.69, 9.17) is 9.84 Å². The Morgan fingerprint density at radius 1 is 1.38 bits per heavy atom. The molecule has 0 amide bonds. The van der Waals surface area contributed by atoms with Crippen molar-refractivity contribution in [2.24, 2.45) is 11.8 Å². The number of ether oxygens (including phenoxy) is 1. The largest absolute Gasteiger partial charge is 0.394 e. The van der Waals surface area contributed by atoms with Crippen LogP contribution in [0.3, 0.4) is 0 Å². The second-order valence-electron chi connectivity index (χ2n) is 6.73. The van der Waals surface area contributed by atoms with Crippen molar-refractivity contribution in [2.45, 2.75) is 65.1 Å². The predicted molar refractivity (Wildman–Crippen MR) is 89.3 cm³/mol. The van der Waals surface area contributed by atoms with E-state index < -0.39 is 6.10 Å². The summed E-state index contributed by atoms with van der Waals surface area (Å²) in [6.45, 7) is 15.6. The van der Waals surface area contributed by atoms with E-state index in [0.29, 0.717) is 0 Å². The first-order valence-electron chi connectivity index (χ1n) is 7.95. The molecule has 1 atom stereocenters. The Kier molecular flexibility index (Phi) is 9.84. The molecule has 3 heteroatoms. The summed E-state index contributed by atoms with van der Waals surface area (Å²) in [4.78, 5) is 0. The monoisotopic (exact) mass is 298 g/mol. The Bertz CT molecular complexity index is 302. The van der Waals surface area contributed by atoms with Gasteiger partial charge in [0.1, 0.15) is 6.10 Å². The first-order valence-corrected chi connectivity index (χ1v) is 7.95. The van der Waals surface area contributed by atoms with Gasteiger partial charge >= 0.3 is 0 Å². The van der Waals surface area contributed by atoms with E-state index in [-0.39, 0.29) is 18.8 Å². The van der Waals surface area contributed by atoms with Gasteiger partial charge in [-0.3, -0.25) is 0 Å². The maximum absolute atomic E-state index is 9.27. The molecule has 0 saturated heterocycles. The molecule has 1 rings (SSSR count). The van der Waals surface area contributed by atoms with E-state index in [2.05, 4.69) is 33.9 Å². The molecule has 0 spiro atoms. The standard InChI is InChI=1S/C13H26O3.C5H8/c1-10(2)11-4-6-13(3,7-5-11)16-9-12(15)8-14;1-4-5(2)3/h10-12,14-15H,4-9H2,1-3H3;4H,1-2H2,3H3. The highest BCUT2D eigenvalue weighted by molar-refractivity contribution is 5.05. The zero-order valence-corrected chi connectivity index (χ0v) is 14.3. The minimum atomic E-state index is -0.736. The van der Waals surface area contributed by atoms with Crippen LogP contribution in [0.25, 0.3) is 0 Å². The molecule has 0 heterocycles. The summed E-state index contributed by atoms with van der Waals surface area (Å²) < 4.78 is 5.74. The molecule has 1 aliphatic rings. The van der Waals surface area contributed by atoms with Gasteiger partial charge in [-0.2, -0.15) is 0 Å². The average Bonchev–Trinajstić information content (AvgIpc) is 2.45. The van der Waals surface area contributed by atoms with Crippen LogP contribution in [0.15, 0.2) is 24.8 Å². The molecule has 0 aromatic rings. The van der Waals surface area contributed by atoms with Gasteiger partial charge in [-0.05, 0) is 51.4 Å². The van der Waals surface area contributed by atoms with Crippen molar-refractivity contribution in [1.29, 1.82) is 0 Å². The third-order valence-electron chi connectivity index (χ3n) is 4.21. The van der Waals surface area contributed by atoms with Crippen molar-refractivity contribution >= 4 is 0 Å². The molecular formula is C18H34O3. The first-order chi connectivity index (χ1) is 9.74. The quantitative estimate of drug-likeness (QED) is 0.735. The van der Waals surface area contributed by atoms with Crippen LogP contribution in [0, 0.1) is 11.8 Å². The number of allylic oxidation sites excluding steroid dienone is 2. The molecule has 0 aliphatic heterocycles. The number of aliphatic hydroxyl groups is 2. The van der Waals surface area contributed by atoms with Crippen molar-refractivity contribution in [3.63, 3.8) is 0 Å². The lowest BCUT2D eigenvalue weighted by Gasteiger charge is -2.39. The van der Waals surface area contributed by atoms with Crippen LogP contribution in [-0.2, 0) is 4.74 Å². The highest BCUT2D eigenvalue weighted by Gasteiger charge is 2.33. The molecule has 1 fully saturated rings. The fourth-order valence-electron chi connectivity index (χ4n) is 2.41.